The molecule has 0 aromatic rings. The summed E-state index contributed by atoms with van der Waals surface area (Å²) < 4.78 is 0. The Morgan fingerprint density at radius 1 is 0.738 bits per heavy atom. The van der Waals surface area contributed by atoms with Crippen LogP contribution in [0.25, 0.3) is 0 Å². The van der Waals surface area contributed by atoms with Crippen molar-refractivity contribution < 1.29 is 24.3 Å². The van der Waals surface area contributed by atoms with Crippen LogP contribution in [0.4, 0.5) is 0 Å². The number of piperazine rings is 1. The van der Waals surface area contributed by atoms with Crippen LogP contribution in [0.3, 0.4) is 0 Å². The van der Waals surface area contributed by atoms with Crippen molar-refractivity contribution in [1.82, 2.24) is 14.7 Å². The van der Waals surface area contributed by atoms with E-state index in [2.05, 4.69) is 19.1 Å². The number of amides is 3. The molecular weight excluding hydrogens is 550 g/mol. The summed E-state index contributed by atoms with van der Waals surface area (Å²) in [6.07, 6.45) is 24.5. The van der Waals surface area contributed by atoms with Crippen LogP contribution in [0.15, 0.2) is 12.2 Å². The molecule has 0 radical (unpaired) electrons. The zero-order valence-corrected chi connectivity index (χ0v) is 27.6. The molecule has 42 heavy (non-hydrogen) atoms. The molecule has 1 aliphatic heterocycles. The normalized spacial score (nSPS) is 14.4. The molecule has 242 valence electrons. The summed E-state index contributed by atoms with van der Waals surface area (Å²) in [4.78, 5) is 53.1. The third-order valence-corrected chi connectivity index (χ3v) is 9.10. The zero-order valence-electron chi connectivity index (χ0n) is 26.8. The van der Waals surface area contributed by atoms with Gasteiger partial charge in [0, 0.05) is 51.8 Å². The Bertz CT molecular complexity index is 799. The molecule has 0 aliphatic carbocycles. The number of rotatable bonds is 24. The molecule has 0 bridgehead atoms. The summed E-state index contributed by atoms with van der Waals surface area (Å²) >= 11 is 1.39. The monoisotopic (exact) mass is 609 g/mol. The zero-order chi connectivity index (χ0) is 31.0. The average molecular weight is 610 g/mol. The van der Waals surface area contributed by atoms with Gasteiger partial charge in [-0.15, -0.1) is 0 Å². The number of hydrogen-bond donors (Lipinski definition) is 1. The molecule has 9 heteroatoms. The van der Waals surface area contributed by atoms with E-state index in [-0.39, 0.29) is 29.9 Å². The lowest BCUT2D eigenvalue weighted by atomic mass is 10.1. The maximum atomic E-state index is 12.6. The largest absolute Gasteiger partial charge is 0.480 e. The number of nitrogens with zero attached hydrogens (tertiary/aromatic N) is 3. The van der Waals surface area contributed by atoms with Gasteiger partial charge in [-0.3, -0.25) is 14.4 Å². The molecule has 0 spiro atoms. The van der Waals surface area contributed by atoms with E-state index in [9.17, 15) is 19.2 Å². The second-order valence-electron chi connectivity index (χ2n) is 11.6. The number of carboxylic acid groups (broad SMARTS) is 1. The smallest absolute Gasteiger partial charge is 0.326 e. The molecule has 1 aliphatic rings. The van der Waals surface area contributed by atoms with Crippen LogP contribution in [0.2, 0.25) is 0 Å². The van der Waals surface area contributed by atoms with Crippen LogP contribution >= 0.6 is 11.8 Å². The summed E-state index contributed by atoms with van der Waals surface area (Å²) in [6.45, 7) is 6.01. The summed E-state index contributed by atoms with van der Waals surface area (Å²) in [5.41, 5.74) is 0. The van der Waals surface area contributed by atoms with E-state index in [0.29, 0.717) is 38.4 Å². The van der Waals surface area contributed by atoms with E-state index >= 15 is 0 Å². The predicted molar refractivity (Wildman–Crippen MR) is 174 cm³/mol. The number of carbonyl (C=O) groups is 4. The van der Waals surface area contributed by atoms with E-state index < -0.39 is 12.0 Å². The van der Waals surface area contributed by atoms with Gasteiger partial charge in [0.05, 0.1) is 5.75 Å². The van der Waals surface area contributed by atoms with Crippen molar-refractivity contribution in [3.63, 3.8) is 0 Å². The first-order valence-electron chi connectivity index (χ1n) is 16.5. The maximum absolute atomic E-state index is 12.6. The Hall–Kier alpha value is -2.03. The predicted octanol–water partition coefficient (Wildman–Crippen LogP) is 6.53. The van der Waals surface area contributed by atoms with Crippen LogP contribution < -0.4 is 0 Å². The first-order valence-corrected chi connectivity index (χ1v) is 17.7. The fraction of sp³-hybridized carbons (Fsp3) is 0.818. The van der Waals surface area contributed by atoms with E-state index in [1.807, 2.05) is 4.90 Å². The Labute approximate surface area is 260 Å². The minimum Gasteiger partial charge on any atom is -0.480 e. The van der Waals surface area contributed by atoms with Crippen molar-refractivity contribution in [2.75, 3.05) is 44.7 Å². The number of hydrogen-bond acceptors (Lipinski definition) is 5. The van der Waals surface area contributed by atoms with Crippen molar-refractivity contribution in [1.29, 1.82) is 0 Å². The molecule has 0 aromatic heterocycles. The first kappa shape index (κ1) is 38.0. The molecular formula is C33H59N3O5S. The van der Waals surface area contributed by atoms with Gasteiger partial charge in [0.2, 0.25) is 17.7 Å². The highest BCUT2D eigenvalue weighted by Gasteiger charge is 2.24. The van der Waals surface area contributed by atoms with E-state index in [0.717, 1.165) is 12.8 Å². The summed E-state index contributed by atoms with van der Waals surface area (Å²) in [5, 5.41) is 9.01. The van der Waals surface area contributed by atoms with Crippen LogP contribution in [0.5, 0.6) is 0 Å². The van der Waals surface area contributed by atoms with Crippen LogP contribution in [-0.4, -0.2) is 94.3 Å². The Kier molecular flexibility index (Phi) is 22.1. The summed E-state index contributed by atoms with van der Waals surface area (Å²) in [5.74, 6) is -0.302. The second kappa shape index (κ2) is 24.4. The number of carboxylic acids is 1. The van der Waals surface area contributed by atoms with Gasteiger partial charge in [0.15, 0.2) is 0 Å². The van der Waals surface area contributed by atoms with Crippen molar-refractivity contribution in [3.05, 3.63) is 12.2 Å². The highest BCUT2D eigenvalue weighted by molar-refractivity contribution is 7.99. The van der Waals surface area contributed by atoms with Gasteiger partial charge in [-0.05, 0) is 39.0 Å². The van der Waals surface area contributed by atoms with Crippen molar-refractivity contribution in [2.24, 2.45) is 0 Å². The highest BCUT2D eigenvalue weighted by atomic mass is 32.2. The number of allylic oxidation sites excluding steroid dienone is 2. The fourth-order valence-corrected chi connectivity index (χ4v) is 5.85. The van der Waals surface area contributed by atoms with E-state index in [1.165, 1.54) is 114 Å². The molecule has 0 unspecified atom stereocenters. The molecule has 1 fully saturated rings. The molecule has 1 rings (SSSR count). The SMILES string of the molecule is CCCCCCCC/C=C\CCCCCCCCCC(=O)N1CCN(C(=O)CSCCC(=O)N(C)[C@@H](C)C(=O)O)CC1. The van der Waals surface area contributed by atoms with Gasteiger partial charge in [0.1, 0.15) is 6.04 Å². The molecule has 8 nitrogen and oxygen atoms in total. The van der Waals surface area contributed by atoms with Gasteiger partial charge < -0.3 is 19.8 Å². The van der Waals surface area contributed by atoms with Crippen LogP contribution in [0.1, 0.15) is 123 Å². The molecule has 0 saturated carbocycles. The number of likely N-dealkylation sites (N-methyl/N-ethyl adjacent to an activating group) is 1. The third kappa shape index (κ3) is 17.8. The third-order valence-electron chi connectivity index (χ3n) is 8.16. The van der Waals surface area contributed by atoms with Gasteiger partial charge in [-0.25, -0.2) is 4.79 Å². The molecule has 1 heterocycles. The van der Waals surface area contributed by atoms with Crippen molar-refractivity contribution in [2.45, 2.75) is 129 Å². The lowest BCUT2D eigenvalue weighted by molar-refractivity contribution is -0.148. The molecule has 1 atom stereocenters. The number of unbranched alkanes of at least 4 members (excludes halogenated alkanes) is 13. The second-order valence-corrected chi connectivity index (χ2v) is 12.7. The lowest BCUT2D eigenvalue weighted by Gasteiger charge is -2.35. The number of carbonyl (C=O) groups excluding carboxylic acids is 3. The number of aliphatic carboxylic acids is 1. The van der Waals surface area contributed by atoms with Crippen molar-refractivity contribution >= 4 is 35.5 Å². The Morgan fingerprint density at radius 3 is 1.74 bits per heavy atom. The molecule has 1 saturated heterocycles. The van der Waals surface area contributed by atoms with Crippen molar-refractivity contribution in [3.8, 4) is 0 Å². The molecule has 1 N–H and O–H groups in total. The number of thioether (sulfide) groups is 1. The van der Waals surface area contributed by atoms with Crippen LogP contribution in [0, 0.1) is 0 Å². The minimum absolute atomic E-state index is 0.0241. The summed E-state index contributed by atoms with van der Waals surface area (Å²) in [7, 11) is 1.48. The van der Waals surface area contributed by atoms with Gasteiger partial charge in [-0.1, -0.05) is 83.3 Å². The van der Waals surface area contributed by atoms with Gasteiger partial charge >= 0.3 is 5.97 Å². The van der Waals surface area contributed by atoms with E-state index in [4.69, 9.17) is 5.11 Å². The fourth-order valence-electron chi connectivity index (χ4n) is 5.03. The minimum atomic E-state index is -1.04. The molecule has 3 amide bonds. The topological polar surface area (TPSA) is 98.2 Å². The summed E-state index contributed by atoms with van der Waals surface area (Å²) in [6, 6.07) is -0.866. The standard InChI is InChI=1S/C33H59N3O5S/c1-4-5-6-7-8-9-10-11-12-13-14-15-16-17-18-19-20-21-31(38)35-23-25-36(26-24-35)32(39)28-42-27-22-30(37)34(3)29(2)33(40)41/h11-12,29H,4-10,13-28H2,1-3H3,(H,40,41)/b12-11-/t29-/m0/s1. The van der Waals surface area contributed by atoms with E-state index in [1.54, 1.807) is 4.90 Å². The van der Waals surface area contributed by atoms with Gasteiger partial charge in [0.25, 0.3) is 0 Å². The quantitative estimate of drug-likeness (QED) is 0.0987. The van der Waals surface area contributed by atoms with Gasteiger partial charge in [-0.2, -0.15) is 11.8 Å². The molecule has 0 aromatic carbocycles. The average Bonchev–Trinajstić information content (AvgIpc) is 2.99. The Balaban J connectivity index is 1.99. The Morgan fingerprint density at radius 2 is 1.21 bits per heavy atom. The highest BCUT2D eigenvalue weighted by Crippen LogP contribution is 2.14. The lowest BCUT2D eigenvalue weighted by Crippen LogP contribution is -2.51. The maximum Gasteiger partial charge on any atom is 0.326 e. The first-order chi connectivity index (χ1) is 20.3. The van der Waals surface area contributed by atoms with Crippen LogP contribution in [-0.2, 0) is 19.2 Å².